The zero-order valence-corrected chi connectivity index (χ0v) is 11.1. The number of rotatable bonds is 4. The lowest BCUT2D eigenvalue weighted by Crippen LogP contribution is -2.50. The Morgan fingerprint density at radius 1 is 1.37 bits per heavy atom. The highest BCUT2D eigenvalue weighted by Crippen LogP contribution is 2.10. The lowest BCUT2D eigenvalue weighted by Gasteiger charge is -2.30. The highest BCUT2D eigenvalue weighted by Gasteiger charge is 2.25. The van der Waals surface area contributed by atoms with Crippen molar-refractivity contribution in [1.29, 1.82) is 0 Å². The van der Waals surface area contributed by atoms with Gasteiger partial charge in [-0.2, -0.15) is 0 Å². The van der Waals surface area contributed by atoms with Crippen LogP contribution in [0.3, 0.4) is 0 Å². The van der Waals surface area contributed by atoms with Gasteiger partial charge in [0.05, 0.1) is 18.7 Å². The predicted octanol–water partition coefficient (Wildman–Crippen LogP) is -0.978. The quantitative estimate of drug-likeness (QED) is 0.571. The Bertz CT molecular complexity index is 388. The number of hydrogen-bond donors (Lipinski definition) is 3. The van der Waals surface area contributed by atoms with E-state index >= 15 is 0 Å². The van der Waals surface area contributed by atoms with Gasteiger partial charge in [-0.15, -0.1) is 0 Å². The van der Waals surface area contributed by atoms with Crippen molar-refractivity contribution in [3.8, 4) is 0 Å². The van der Waals surface area contributed by atoms with Crippen LogP contribution in [0.1, 0.15) is 6.92 Å². The summed E-state index contributed by atoms with van der Waals surface area (Å²) in [5.74, 6) is -0.361. The molecule has 0 spiro atoms. The SMILES string of the molecule is CCOC(=O)C1=C(CN2CCNCC2)NC(=O)NC1. The zero-order chi connectivity index (χ0) is 13.7. The molecule has 0 bridgehead atoms. The summed E-state index contributed by atoms with van der Waals surface area (Å²) in [6.45, 7) is 6.56. The van der Waals surface area contributed by atoms with E-state index in [1.807, 2.05) is 0 Å². The van der Waals surface area contributed by atoms with Gasteiger partial charge in [0.1, 0.15) is 0 Å². The van der Waals surface area contributed by atoms with Crippen molar-refractivity contribution in [2.45, 2.75) is 6.92 Å². The maximum Gasteiger partial charge on any atom is 0.337 e. The molecule has 0 aromatic rings. The standard InChI is InChI=1S/C12H20N4O3/c1-2-19-11(17)9-7-14-12(18)15-10(9)8-16-5-3-13-4-6-16/h13H,2-8H2,1H3,(H2,14,15,18). The molecule has 0 radical (unpaired) electrons. The molecule has 2 heterocycles. The van der Waals surface area contributed by atoms with Crippen LogP contribution in [0.4, 0.5) is 4.79 Å². The topological polar surface area (TPSA) is 82.7 Å². The van der Waals surface area contributed by atoms with E-state index in [0.29, 0.717) is 24.4 Å². The summed E-state index contributed by atoms with van der Waals surface area (Å²) in [4.78, 5) is 25.5. The van der Waals surface area contributed by atoms with Crippen molar-refractivity contribution in [2.24, 2.45) is 0 Å². The molecule has 2 amide bonds. The molecule has 1 saturated heterocycles. The summed E-state index contributed by atoms with van der Waals surface area (Å²) in [7, 11) is 0. The van der Waals surface area contributed by atoms with Crippen LogP contribution in [0.25, 0.3) is 0 Å². The van der Waals surface area contributed by atoms with Gasteiger partial charge in [-0.05, 0) is 6.92 Å². The Morgan fingerprint density at radius 3 is 2.79 bits per heavy atom. The second-order valence-electron chi connectivity index (χ2n) is 4.51. The first kappa shape index (κ1) is 13.8. The first-order chi connectivity index (χ1) is 9.20. The molecule has 0 atom stereocenters. The molecule has 0 unspecified atom stereocenters. The number of hydrogen-bond acceptors (Lipinski definition) is 5. The van der Waals surface area contributed by atoms with Crippen molar-refractivity contribution in [3.05, 3.63) is 11.3 Å². The van der Waals surface area contributed by atoms with Crippen LogP contribution >= 0.6 is 0 Å². The van der Waals surface area contributed by atoms with Crippen LogP contribution in [0, 0.1) is 0 Å². The molecule has 19 heavy (non-hydrogen) atoms. The van der Waals surface area contributed by atoms with Gasteiger partial charge in [0.15, 0.2) is 0 Å². The molecule has 3 N–H and O–H groups in total. The molecule has 2 aliphatic heterocycles. The number of carbonyl (C=O) groups excluding carboxylic acids is 2. The molecular weight excluding hydrogens is 248 g/mol. The van der Waals surface area contributed by atoms with E-state index in [1.165, 1.54) is 0 Å². The Labute approximate surface area is 112 Å². The Hall–Kier alpha value is -1.60. The molecule has 7 heteroatoms. The monoisotopic (exact) mass is 268 g/mol. The lowest BCUT2D eigenvalue weighted by atomic mass is 10.1. The van der Waals surface area contributed by atoms with Crippen molar-refractivity contribution in [2.75, 3.05) is 45.9 Å². The normalized spacial score (nSPS) is 20.8. The summed E-state index contributed by atoms with van der Waals surface area (Å²) in [5.41, 5.74) is 1.17. The van der Waals surface area contributed by atoms with Gasteiger partial charge in [-0.1, -0.05) is 0 Å². The summed E-state index contributed by atoms with van der Waals surface area (Å²) >= 11 is 0. The highest BCUT2D eigenvalue weighted by molar-refractivity contribution is 5.93. The molecule has 1 fully saturated rings. The lowest BCUT2D eigenvalue weighted by molar-refractivity contribution is -0.138. The number of piperazine rings is 1. The van der Waals surface area contributed by atoms with Crippen LogP contribution in [-0.4, -0.2) is 62.8 Å². The smallest absolute Gasteiger partial charge is 0.337 e. The molecule has 2 rings (SSSR count). The summed E-state index contributed by atoms with van der Waals surface area (Å²) in [6, 6.07) is -0.266. The third kappa shape index (κ3) is 3.68. The second kappa shape index (κ2) is 6.53. The second-order valence-corrected chi connectivity index (χ2v) is 4.51. The average Bonchev–Trinajstić information content (AvgIpc) is 2.40. The van der Waals surface area contributed by atoms with Crippen LogP contribution in [0.2, 0.25) is 0 Å². The number of nitrogens with zero attached hydrogens (tertiary/aromatic N) is 1. The Kier molecular flexibility index (Phi) is 4.75. The predicted molar refractivity (Wildman–Crippen MR) is 69.5 cm³/mol. The van der Waals surface area contributed by atoms with Gasteiger partial charge in [0.2, 0.25) is 0 Å². The molecule has 0 aromatic carbocycles. The fourth-order valence-electron chi connectivity index (χ4n) is 2.17. The minimum atomic E-state index is -0.361. The third-order valence-electron chi connectivity index (χ3n) is 3.17. The number of ether oxygens (including phenoxy) is 1. The van der Waals surface area contributed by atoms with Crippen LogP contribution < -0.4 is 16.0 Å². The van der Waals surface area contributed by atoms with Crippen LogP contribution in [0.5, 0.6) is 0 Å². The molecule has 2 aliphatic rings. The zero-order valence-electron chi connectivity index (χ0n) is 11.1. The van der Waals surface area contributed by atoms with Gasteiger partial charge in [-0.3, -0.25) is 4.90 Å². The van der Waals surface area contributed by atoms with Gasteiger partial charge in [-0.25, -0.2) is 9.59 Å². The van der Waals surface area contributed by atoms with Crippen LogP contribution in [0.15, 0.2) is 11.3 Å². The highest BCUT2D eigenvalue weighted by atomic mass is 16.5. The fourth-order valence-corrected chi connectivity index (χ4v) is 2.17. The molecule has 0 aromatic heterocycles. The van der Waals surface area contributed by atoms with Crippen molar-refractivity contribution in [1.82, 2.24) is 20.9 Å². The summed E-state index contributed by atoms with van der Waals surface area (Å²) in [5, 5.41) is 8.58. The van der Waals surface area contributed by atoms with Crippen molar-refractivity contribution < 1.29 is 14.3 Å². The molecule has 0 aliphatic carbocycles. The van der Waals surface area contributed by atoms with Gasteiger partial charge >= 0.3 is 12.0 Å². The van der Waals surface area contributed by atoms with Gasteiger partial charge in [0, 0.05) is 38.4 Å². The maximum atomic E-state index is 11.9. The molecular formula is C12H20N4O3. The van der Waals surface area contributed by atoms with E-state index in [-0.39, 0.29) is 18.5 Å². The largest absolute Gasteiger partial charge is 0.463 e. The minimum Gasteiger partial charge on any atom is -0.463 e. The van der Waals surface area contributed by atoms with E-state index in [2.05, 4.69) is 20.9 Å². The number of esters is 1. The first-order valence-corrected chi connectivity index (χ1v) is 6.57. The van der Waals surface area contributed by atoms with E-state index in [4.69, 9.17) is 4.74 Å². The van der Waals surface area contributed by atoms with E-state index in [0.717, 1.165) is 26.2 Å². The summed E-state index contributed by atoms with van der Waals surface area (Å²) < 4.78 is 5.02. The van der Waals surface area contributed by atoms with Crippen molar-refractivity contribution in [3.63, 3.8) is 0 Å². The molecule has 0 saturated carbocycles. The maximum absolute atomic E-state index is 11.9. The Balaban J connectivity index is 2.08. The molecule has 7 nitrogen and oxygen atoms in total. The fraction of sp³-hybridized carbons (Fsp3) is 0.667. The van der Waals surface area contributed by atoms with E-state index in [1.54, 1.807) is 6.92 Å². The van der Waals surface area contributed by atoms with E-state index < -0.39 is 0 Å². The third-order valence-corrected chi connectivity index (χ3v) is 3.17. The van der Waals surface area contributed by atoms with E-state index in [9.17, 15) is 9.59 Å². The minimum absolute atomic E-state index is 0.228. The van der Waals surface area contributed by atoms with Gasteiger partial charge < -0.3 is 20.7 Å². The summed E-state index contributed by atoms with van der Waals surface area (Å²) in [6.07, 6.45) is 0. The number of carbonyl (C=O) groups is 2. The number of nitrogens with one attached hydrogen (secondary N) is 3. The first-order valence-electron chi connectivity index (χ1n) is 6.57. The number of urea groups is 1. The number of amides is 2. The average molecular weight is 268 g/mol. The van der Waals surface area contributed by atoms with Crippen molar-refractivity contribution >= 4 is 12.0 Å². The Morgan fingerprint density at radius 2 is 2.11 bits per heavy atom. The molecule has 106 valence electrons. The van der Waals surface area contributed by atoms with Gasteiger partial charge in [0.25, 0.3) is 0 Å². The van der Waals surface area contributed by atoms with Crippen LogP contribution in [-0.2, 0) is 9.53 Å².